The molecule has 4 heteroatoms. The summed E-state index contributed by atoms with van der Waals surface area (Å²) in [6, 6.07) is 5.42. The number of carbonyl (C=O) groups excluding carboxylic acids is 1. The molecule has 1 atom stereocenters. The number of hydrogen-bond acceptors (Lipinski definition) is 3. The Hall–Kier alpha value is -1.42. The average Bonchev–Trinajstić information content (AvgIpc) is 3.15. The molecule has 0 spiro atoms. The maximum Gasteiger partial charge on any atom is 0.327 e. The fourth-order valence-corrected chi connectivity index (χ4v) is 1.72. The third kappa shape index (κ3) is 3.27. The molecule has 0 saturated heterocycles. The molecule has 3 nitrogen and oxygen atoms in total. The van der Waals surface area contributed by atoms with E-state index in [-0.39, 0.29) is 11.8 Å². The Morgan fingerprint density at radius 2 is 2.12 bits per heavy atom. The first kappa shape index (κ1) is 12.0. The summed E-state index contributed by atoms with van der Waals surface area (Å²) in [6.07, 6.45) is 2.43. The van der Waals surface area contributed by atoms with Crippen LogP contribution in [0.1, 0.15) is 24.4 Å². The summed E-state index contributed by atoms with van der Waals surface area (Å²) in [6.45, 7) is 0.803. The number of methoxy groups -OCH3 is 1. The highest BCUT2D eigenvalue weighted by atomic mass is 19.1. The van der Waals surface area contributed by atoms with E-state index in [1.54, 1.807) is 12.1 Å². The van der Waals surface area contributed by atoms with E-state index in [4.69, 9.17) is 4.74 Å². The standard InChI is InChI=1S/C13H16FNO2/c1-17-13(16)12(15-8-9-2-3-9)10-4-6-11(14)7-5-10/h4-7,9,12,15H,2-3,8H2,1H3. The Morgan fingerprint density at radius 3 is 2.65 bits per heavy atom. The van der Waals surface area contributed by atoms with Gasteiger partial charge in [-0.15, -0.1) is 0 Å². The number of hydrogen-bond donors (Lipinski definition) is 1. The van der Waals surface area contributed by atoms with Gasteiger partial charge in [0.15, 0.2) is 0 Å². The van der Waals surface area contributed by atoms with Gasteiger partial charge in [-0.2, -0.15) is 0 Å². The van der Waals surface area contributed by atoms with Crippen molar-refractivity contribution in [2.24, 2.45) is 5.92 Å². The molecule has 1 N–H and O–H groups in total. The van der Waals surface area contributed by atoms with Crippen molar-refractivity contribution in [1.29, 1.82) is 0 Å². The first-order valence-corrected chi connectivity index (χ1v) is 5.77. The van der Waals surface area contributed by atoms with Crippen LogP contribution in [0.25, 0.3) is 0 Å². The lowest BCUT2D eigenvalue weighted by molar-refractivity contribution is -0.143. The number of carbonyl (C=O) groups is 1. The van der Waals surface area contributed by atoms with E-state index in [0.717, 1.165) is 12.1 Å². The van der Waals surface area contributed by atoms with Gasteiger partial charge >= 0.3 is 5.97 Å². The Labute approximate surface area is 100.0 Å². The van der Waals surface area contributed by atoms with E-state index in [9.17, 15) is 9.18 Å². The van der Waals surface area contributed by atoms with Crippen LogP contribution in [0.2, 0.25) is 0 Å². The number of ether oxygens (including phenoxy) is 1. The number of rotatable bonds is 5. The van der Waals surface area contributed by atoms with E-state index in [1.165, 1.54) is 32.1 Å². The number of benzene rings is 1. The summed E-state index contributed by atoms with van der Waals surface area (Å²) in [5.74, 6) is 0.0272. The smallest absolute Gasteiger partial charge is 0.327 e. The second-order valence-corrected chi connectivity index (χ2v) is 4.36. The van der Waals surface area contributed by atoms with Gasteiger partial charge < -0.3 is 10.1 Å². The van der Waals surface area contributed by atoms with Gasteiger partial charge in [0.05, 0.1) is 7.11 Å². The molecule has 0 radical (unpaired) electrons. The van der Waals surface area contributed by atoms with Crippen molar-refractivity contribution in [3.05, 3.63) is 35.6 Å². The Bertz CT molecular complexity index is 387. The molecule has 0 aromatic heterocycles. The highest BCUT2D eigenvalue weighted by molar-refractivity contribution is 5.77. The van der Waals surface area contributed by atoms with Gasteiger partial charge in [-0.25, -0.2) is 9.18 Å². The van der Waals surface area contributed by atoms with Crippen LogP contribution < -0.4 is 5.32 Å². The molecular weight excluding hydrogens is 221 g/mol. The molecule has 2 rings (SSSR count). The fourth-order valence-electron chi connectivity index (χ4n) is 1.72. The SMILES string of the molecule is COC(=O)C(NCC1CC1)c1ccc(F)cc1. The van der Waals surface area contributed by atoms with Crippen molar-refractivity contribution in [2.45, 2.75) is 18.9 Å². The largest absolute Gasteiger partial charge is 0.468 e. The first-order chi connectivity index (χ1) is 8.20. The lowest BCUT2D eigenvalue weighted by Crippen LogP contribution is -2.31. The molecule has 0 aliphatic heterocycles. The molecule has 1 aliphatic rings. The summed E-state index contributed by atoms with van der Waals surface area (Å²) >= 11 is 0. The molecule has 0 heterocycles. The predicted molar refractivity (Wildman–Crippen MR) is 61.9 cm³/mol. The quantitative estimate of drug-likeness (QED) is 0.796. The van der Waals surface area contributed by atoms with E-state index in [0.29, 0.717) is 5.92 Å². The minimum absolute atomic E-state index is 0.306. The molecule has 1 fully saturated rings. The van der Waals surface area contributed by atoms with E-state index < -0.39 is 6.04 Å². The summed E-state index contributed by atoms with van der Waals surface area (Å²) in [5, 5.41) is 3.17. The molecule has 1 saturated carbocycles. The topological polar surface area (TPSA) is 38.3 Å². The van der Waals surface area contributed by atoms with Crippen LogP contribution in [0.5, 0.6) is 0 Å². The van der Waals surface area contributed by atoms with Crippen LogP contribution in [-0.2, 0) is 9.53 Å². The number of esters is 1. The van der Waals surface area contributed by atoms with Crippen molar-refractivity contribution >= 4 is 5.97 Å². The summed E-state index contributed by atoms with van der Waals surface area (Å²) in [7, 11) is 1.36. The fraction of sp³-hybridized carbons (Fsp3) is 0.462. The van der Waals surface area contributed by atoms with E-state index >= 15 is 0 Å². The highest BCUT2D eigenvalue weighted by Crippen LogP contribution is 2.28. The molecular formula is C13H16FNO2. The highest BCUT2D eigenvalue weighted by Gasteiger charge is 2.26. The minimum Gasteiger partial charge on any atom is -0.468 e. The van der Waals surface area contributed by atoms with Gasteiger partial charge in [-0.1, -0.05) is 12.1 Å². The molecule has 1 aromatic carbocycles. The third-order valence-electron chi connectivity index (χ3n) is 2.95. The molecule has 0 amide bonds. The molecule has 92 valence electrons. The van der Waals surface area contributed by atoms with Gasteiger partial charge in [0.2, 0.25) is 0 Å². The zero-order valence-electron chi connectivity index (χ0n) is 9.78. The van der Waals surface area contributed by atoms with Gasteiger partial charge in [0, 0.05) is 0 Å². The zero-order valence-corrected chi connectivity index (χ0v) is 9.78. The first-order valence-electron chi connectivity index (χ1n) is 5.77. The molecule has 1 aliphatic carbocycles. The van der Waals surface area contributed by atoms with Gasteiger partial charge in [-0.3, -0.25) is 0 Å². The van der Waals surface area contributed by atoms with Crippen molar-refractivity contribution in [2.75, 3.05) is 13.7 Å². The van der Waals surface area contributed by atoms with Gasteiger partial charge in [0.1, 0.15) is 11.9 Å². The summed E-state index contributed by atoms with van der Waals surface area (Å²) in [5.41, 5.74) is 0.735. The second-order valence-electron chi connectivity index (χ2n) is 4.36. The maximum atomic E-state index is 12.8. The minimum atomic E-state index is -0.499. The molecule has 17 heavy (non-hydrogen) atoms. The van der Waals surface area contributed by atoms with Crippen molar-refractivity contribution < 1.29 is 13.9 Å². The Balaban J connectivity index is 2.07. The van der Waals surface area contributed by atoms with Crippen LogP contribution in [0.4, 0.5) is 4.39 Å². The summed E-state index contributed by atoms with van der Waals surface area (Å²) in [4.78, 5) is 11.7. The van der Waals surface area contributed by atoms with Crippen LogP contribution in [0, 0.1) is 11.7 Å². The van der Waals surface area contributed by atoms with Crippen LogP contribution in [-0.4, -0.2) is 19.6 Å². The van der Waals surface area contributed by atoms with Crippen LogP contribution in [0.3, 0.4) is 0 Å². The molecule has 0 bridgehead atoms. The number of nitrogens with one attached hydrogen (secondary N) is 1. The maximum absolute atomic E-state index is 12.8. The van der Waals surface area contributed by atoms with Crippen molar-refractivity contribution in [3.8, 4) is 0 Å². The Morgan fingerprint density at radius 1 is 1.47 bits per heavy atom. The van der Waals surface area contributed by atoms with E-state index in [2.05, 4.69) is 5.32 Å². The third-order valence-corrected chi connectivity index (χ3v) is 2.95. The zero-order chi connectivity index (χ0) is 12.3. The molecule has 1 aromatic rings. The number of halogens is 1. The van der Waals surface area contributed by atoms with Gasteiger partial charge in [-0.05, 0) is 43.0 Å². The lowest BCUT2D eigenvalue weighted by atomic mass is 10.1. The normalized spacial score (nSPS) is 16.6. The van der Waals surface area contributed by atoms with Crippen molar-refractivity contribution in [3.63, 3.8) is 0 Å². The predicted octanol–water partition coefficient (Wildman–Crippen LogP) is 2.04. The van der Waals surface area contributed by atoms with E-state index in [1.807, 2.05) is 0 Å². The monoisotopic (exact) mass is 237 g/mol. The molecule has 1 unspecified atom stereocenters. The summed E-state index contributed by atoms with van der Waals surface area (Å²) < 4.78 is 17.6. The average molecular weight is 237 g/mol. The van der Waals surface area contributed by atoms with Gasteiger partial charge in [0.25, 0.3) is 0 Å². The van der Waals surface area contributed by atoms with Crippen LogP contribution in [0.15, 0.2) is 24.3 Å². The second kappa shape index (κ2) is 5.27. The lowest BCUT2D eigenvalue weighted by Gasteiger charge is -2.16. The van der Waals surface area contributed by atoms with Crippen molar-refractivity contribution in [1.82, 2.24) is 5.32 Å². The Kier molecular flexibility index (Phi) is 3.74. The van der Waals surface area contributed by atoms with Crippen LogP contribution >= 0.6 is 0 Å².